The summed E-state index contributed by atoms with van der Waals surface area (Å²) in [7, 11) is 6.24. The summed E-state index contributed by atoms with van der Waals surface area (Å²) >= 11 is 1.33. The van der Waals surface area contributed by atoms with Gasteiger partial charge >= 0.3 is 0 Å². The van der Waals surface area contributed by atoms with Gasteiger partial charge in [-0.1, -0.05) is 6.07 Å². The molecule has 0 fully saturated rings. The van der Waals surface area contributed by atoms with Crippen molar-refractivity contribution < 1.29 is 23.7 Å². The SMILES string of the molecule is COc1ccc(-c2csnc2-c2cc(OC)c(OC)c(OC)c2)cc1NC(=O)C(C)N. The highest BCUT2D eigenvalue weighted by atomic mass is 32.1. The van der Waals surface area contributed by atoms with Gasteiger partial charge in [-0.2, -0.15) is 4.37 Å². The molecular formula is C22H25N3O5S. The Morgan fingerprint density at radius 1 is 0.968 bits per heavy atom. The van der Waals surface area contributed by atoms with E-state index in [0.29, 0.717) is 28.7 Å². The molecule has 0 saturated heterocycles. The molecule has 0 aliphatic heterocycles. The van der Waals surface area contributed by atoms with E-state index in [2.05, 4.69) is 9.69 Å². The van der Waals surface area contributed by atoms with Crippen LogP contribution in [0.4, 0.5) is 5.69 Å². The van der Waals surface area contributed by atoms with Crippen LogP contribution < -0.4 is 30.0 Å². The third-order valence-electron chi connectivity index (χ3n) is 4.69. The minimum atomic E-state index is -0.647. The Balaban J connectivity index is 2.09. The van der Waals surface area contributed by atoms with E-state index >= 15 is 0 Å². The van der Waals surface area contributed by atoms with Crippen LogP contribution in [-0.4, -0.2) is 44.8 Å². The minimum absolute atomic E-state index is 0.302. The molecule has 0 radical (unpaired) electrons. The second-order valence-electron chi connectivity index (χ2n) is 6.68. The van der Waals surface area contributed by atoms with Gasteiger partial charge in [-0.05, 0) is 48.3 Å². The third-order valence-corrected chi connectivity index (χ3v) is 5.32. The summed E-state index contributed by atoms with van der Waals surface area (Å²) in [5.74, 6) is 1.82. The van der Waals surface area contributed by atoms with Crippen LogP contribution >= 0.6 is 11.5 Å². The van der Waals surface area contributed by atoms with Gasteiger partial charge in [0.05, 0.1) is 45.9 Å². The van der Waals surface area contributed by atoms with E-state index in [-0.39, 0.29) is 5.91 Å². The lowest BCUT2D eigenvalue weighted by atomic mass is 10.0. The number of rotatable bonds is 8. The van der Waals surface area contributed by atoms with Crippen molar-refractivity contribution in [2.45, 2.75) is 13.0 Å². The fraction of sp³-hybridized carbons (Fsp3) is 0.273. The smallest absolute Gasteiger partial charge is 0.241 e. The molecule has 2 aromatic carbocycles. The standard InChI is InChI=1S/C22H25N3O5S/c1-12(23)22(26)24-16-8-13(6-7-17(16)27-2)15-11-31-25-20(15)14-9-18(28-3)21(30-5)19(10-14)29-4/h6-12H,23H2,1-5H3,(H,24,26). The number of carbonyl (C=O) groups excluding carboxylic acids is 1. The Bertz CT molecular complexity index is 1060. The molecule has 0 aliphatic rings. The molecule has 0 aliphatic carbocycles. The Morgan fingerprint density at radius 3 is 2.16 bits per heavy atom. The molecule has 0 saturated carbocycles. The number of hydrogen-bond acceptors (Lipinski definition) is 8. The summed E-state index contributed by atoms with van der Waals surface area (Å²) in [6.07, 6.45) is 0. The number of methoxy groups -OCH3 is 4. The van der Waals surface area contributed by atoms with Gasteiger partial charge in [-0.15, -0.1) is 0 Å². The van der Waals surface area contributed by atoms with E-state index in [1.807, 2.05) is 29.6 Å². The number of nitrogens with one attached hydrogen (secondary N) is 1. The van der Waals surface area contributed by atoms with Gasteiger partial charge in [0.15, 0.2) is 11.5 Å². The highest BCUT2D eigenvalue weighted by Gasteiger charge is 2.19. The second kappa shape index (κ2) is 9.67. The van der Waals surface area contributed by atoms with Gasteiger partial charge in [0.25, 0.3) is 0 Å². The fourth-order valence-corrected chi connectivity index (χ4v) is 3.80. The number of benzene rings is 2. The van der Waals surface area contributed by atoms with Gasteiger partial charge in [0, 0.05) is 16.5 Å². The maximum Gasteiger partial charge on any atom is 0.241 e. The molecule has 1 heterocycles. The van der Waals surface area contributed by atoms with Crippen molar-refractivity contribution in [3.05, 3.63) is 35.7 Å². The first-order chi connectivity index (χ1) is 14.9. The maximum atomic E-state index is 12.1. The van der Waals surface area contributed by atoms with Crippen LogP contribution in [0.5, 0.6) is 23.0 Å². The van der Waals surface area contributed by atoms with Crippen molar-refractivity contribution in [3.8, 4) is 45.4 Å². The van der Waals surface area contributed by atoms with Crippen molar-refractivity contribution in [3.63, 3.8) is 0 Å². The highest BCUT2D eigenvalue weighted by molar-refractivity contribution is 7.04. The van der Waals surface area contributed by atoms with E-state index in [4.69, 9.17) is 24.7 Å². The minimum Gasteiger partial charge on any atom is -0.495 e. The molecule has 1 amide bonds. The predicted octanol–water partition coefficient (Wildman–Crippen LogP) is 3.80. The van der Waals surface area contributed by atoms with E-state index in [9.17, 15) is 4.79 Å². The van der Waals surface area contributed by atoms with Crippen molar-refractivity contribution in [2.24, 2.45) is 5.73 Å². The largest absolute Gasteiger partial charge is 0.495 e. The summed E-state index contributed by atoms with van der Waals surface area (Å²) in [5.41, 5.74) is 9.53. The van der Waals surface area contributed by atoms with Crippen LogP contribution in [0, 0.1) is 0 Å². The number of hydrogen-bond donors (Lipinski definition) is 2. The van der Waals surface area contributed by atoms with Gasteiger partial charge in [0.1, 0.15) is 5.75 Å². The fourth-order valence-electron chi connectivity index (χ4n) is 3.09. The summed E-state index contributed by atoms with van der Waals surface area (Å²) < 4.78 is 26.3. The molecule has 1 atom stereocenters. The van der Waals surface area contributed by atoms with Crippen molar-refractivity contribution in [1.82, 2.24) is 4.37 Å². The first-order valence-electron chi connectivity index (χ1n) is 9.43. The van der Waals surface area contributed by atoms with Crippen LogP contribution in [0.25, 0.3) is 22.4 Å². The Morgan fingerprint density at radius 2 is 1.61 bits per heavy atom. The van der Waals surface area contributed by atoms with Gasteiger partial charge in [-0.3, -0.25) is 4.79 Å². The van der Waals surface area contributed by atoms with Gasteiger partial charge in [0.2, 0.25) is 11.7 Å². The van der Waals surface area contributed by atoms with Crippen LogP contribution in [0.15, 0.2) is 35.7 Å². The maximum absolute atomic E-state index is 12.1. The Kier molecular flexibility index (Phi) is 6.98. The topological polar surface area (TPSA) is 105 Å². The van der Waals surface area contributed by atoms with Gasteiger partial charge < -0.3 is 30.0 Å². The van der Waals surface area contributed by atoms with Crippen molar-refractivity contribution in [2.75, 3.05) is 33.8 Å². The lowest BCUT2D eigenvalue weighted by molar-refractivity contribution is -0.117. The van der Waals surface area contributed by atoms with E-state index in [1.54, 1.807) is 41.4 Å². The average Bonchev–Trinajstić information content (AvgIpc) is 3.27. The highest BCUT2D eigenvalue weighted by Crippen LogP contribution is 2.44. The Labute approximate surface area is 185 Å². The zero-order chi connectivity index (χ0) is 22.5. The molecule has 1 unspecified atom stereocenters. The number of nitrogens with zero attached hydrogens (tertiary/aromatic N) is 1. The quantitative estimate of drug-likeness (QED) is 0.546. The zero-order valence-electron chi connectivity index (χ0n) is 18.0. The lowest BCUT2D eigenvalue weighted by Crippen LogP contribution is -2.32. The number of aromatic nitrogens is 1. The second-order valence-corrected chi connectivity index (χ2v) is 7.31. The van der Waals surface area contributed by atoms with E-state index in [0.717, 1.165) is 22.4 Å². The zero-order valence-corrected chi connectivity index (χ0v) is 18.8. The first-order valence-corrected chi connectivity index (χ1v) is 10.3. The first kappa shape index (κ1) is 22.4. The van der Waals surface area contributed by atoms with Crippen LogP contribution in [0.1, 0.15) is 6.92 Å². The number of amides is 1. The molecule has 3 N–H and O–H groups in total. The van der Waals surface area contributed by atoms with Crippen LogP contribution in [0.3, 0.4) is 0 Å². The predicted molar refractivity (Wildman–Crippen MR) is 121 cm³/mol. The number of ether oxygens (including phenoxy) is 4. The van der Waals surface area contributed by atoms with Crippen molar-refractivity contribution >= 4 is 23.1 Å². The van der Waals surface area contributed by atoms with Crippen LogP contribution in [0.2, 0.25) is 0 Å². The summed E-state index contributed by atoms with van der Waals surface area (Å²) in [4.78, 5) is 12.1. The normalized spacial score (nSPS) is 11.5. The summed E-state index contributed by atoms with van der Waals surface area (Å²) in [5, 5.41) is 4.75. The molecular weight excluding hydrogens is 418 g/mol. The number of carbonyl (C=O) groups is 1. The molecule has 0 spiro atoms. The molecule has 9 heteroatoms. The molecule has 3 rings (SSSR count). The Hall–Kier alpha value is -3.30. The van der Waals surface area contributed by atoms with E-state index < -0.39 is 6.04 Å². The van der Waals surface area contributed by atoms with E-state index in [1.165, 1.54) is 11.5 Å². The molecule has 31 heavy (non-hydrogen) atoms. The van der Waals surface area contributed by atoms with Crippen LogP contribution in [-0.2, 0) is 4.79 Å². The third kappa shape index (κ3) is 4.57. The molecule has 3 aromatic rings. The molecule has 0 bridgehead atoms. The van der Waals surface area contributed by atoms with Crippen molar-refractivity contribution in [1.29, 1.82) is 0 Å². The van der Waals surface area contributed by atoms with Gasteiger partial charge in [-0.25, -0.2) is 0 Å². The average molecular weight is 444 g/mol. The number of nitrogens with two attached hydrogens (primary N) is 1. The monoisotopic (exact) mass is 443 g/mol. The number of anilines is 1. The molecule has 8 nitrogen and oxygen atoms in total. The molecule has 1 aromatic heterocycles. The lowest BCUT2D eigenvalue weighted by Gasteiger charge is -2.15. The molecule has 164 valence electrons. The summed E-state index contributed by atoms with van der Waals surface area (Å²) in [6.45, 7) is 1.62. The summed E-state index contributed by atoms with van der Waals surface area (Å²) in [6, 6.07) is 8.59.